The minimum Gasteiger partial charge on any atom is -0.497 e. The molecule has 3 rings (SSSR count). The molecule has 3 aromatic rings. The maximum atomic E-state index is 13.8. The van der Waals surface area contributed by atoms with E-state index in [0.29, 0.717) is 18.0 Å². The van der Waals surface area contributed by atoms with Gasteiger partial charge in [-0.05, 0) is 62.7 Å². The van der Waals surface area contributed by atoms with Crippen molar-refractivity contribution in [1.29, 1.82) is 0 Å². The molecule has 1 atom stereocenters. The molecule has 0 spiro atoms. The van der Waals surface area contributed by atoms with E-state index in [1.165, 1.54) is 24.1 Å². The van der Waals surface area contributed by atoms with E-state index in [9.17, 15) is 18.0 Å². The molecule has 9 heteroatoms. The van der Waals surface area contributed by atoms with Gasteiger partial charge >= 0.3 is 0 Å². The largest absolute Gasteiger partial charge is 0.497 e. The Morgan fingerprint density at radius 1 is 0.973 bits per heavy atom. The lowest BCUT2D eigenvalue weighted by molar-refractivity contribution is -0.139. The number of anilines is 1. The highest BCUT2D eigenvalue weighted by Gasteiger charge is 2.32. The minimum atomic E-state index is -4.09. The molecule has 0 fully saturated rings. The standard InChI is InChI=1S/C28H33N3O5S/c1-5-29-28(33)22(3)30(19-23-11-9-10-21(2)18-23)27(32)20-31(24-14-16-25(36-4)17-15-24)37(34,35)26-12-7-6-8-13-26/h6-18,22H,5,19-20H2,1-4H3,(H,29,33). The number of carbonyl (C=O) groups excluding carboxylic acids is 2. The van der Waals surface area contributed by atoms with Crippen molar-refractivity contribution in [1.82, 2.24) is 10.2 Å². The second-order valence-corrected chi connectivity index (χ2v) is 10.5. The van der Waals surface area contributed by atoms with E-state index in [0.717, 1.165) is 15.4 Å². The molecular weight excluding hydrogens is 490 g/mol. The van der Waals surface area contributed by atoms with Crippen LogP contribution in [0.2, 0.25) is 0 Å². The Hall–Kier alpha value is -3.85. The quantitative estimate of drug-likeness (QED) is 0.413. The minimum absolute atomic E-state index is 0.0561. The van der Waals surface area contributed by atoms with Crippen LogP contribution in [0.3, 0.4) is 0 Å². The number of sulfonamides is 1. The van der Waals surface area contributed by atoms with Gasteiger partial charge in [-0.1, -0.05) is 48.0 Å². The molecule has 0 aliphatic carbocycles. The Labute approximate surface area is 218 Å². The number of methoxy groups -OCH3 is 1. The SMILES string of the molecule is CCNC(=O)C(C)N(Cc1cccc(C)c1)C(=O)CN(c1ccc(OC)cc1)S(=O)(=O)c1ccccc1. The number of nitrogens with zero attached hydrogens (tertiary/aromatic N) is 2. The first-order valence-electron chi connectivity index (χ1n) is 12.0. The summed E-state index contributed by atoms with van der Waals surface area (Å²) >= 11 is 0. The molecule has 0 saturated heterocycles. The van der Waals surface area contributed by atoms with Gasteiger partial charge < -0.3 is 15.0 Å². The molecule has 8 nitrogen and oxygen atoms in total. The lowest BCUT2D eigenvalue weighted by Gasteiger charge is -2.32. The summed E-state index contributed by atoms with van der Waals surface area (Å²) in [4.78, 5) is 28.0. The second kappa shape index (κ2) is 12.4. The normalized spacial score (nSPS) is 11.9. The Bertz CT molecular complexity index is 1310. The van der Waals surface area contributed by atoms with Gasteiger partial charge in [-0.3, -0.25) is 13.9 Å². The van der Waals surface area contributed by atoms with Crippen molar-refractivity contribution in [3.05, 3.63) is 90.0 Å². The Morgan fingerprint density at radius 2 is 1.65 bits per heavy atom. The van der Waals surface area contributed by atoms with Crippen molar-refractivity contribution in [3.8, 4) is 5.75 Å². The van der Waals surface area contributed by atoms with Crippen LogP contribution in [0.15, 0.2) is 83.8 Å². The van der Waals surface area contributed by atoms with Gasteiger partial charge in [0.2, 0.25) is 11.8 Å². The van der Waals surface area contributed by atoms with Crippen LogP contribution in [0.25, 0.3) is 0 Å². The van der Waals surface area contributed by atoms with E-state index in [2.05, 4.69) is 5.32 Å². The third-order valence-corrected chi connectivity index (χ3v) is 7.71. The molecule has 0 heterocycles. The van der Waals surface area contributed by atoms with Crippen LogP contribution in [0.1, 0.15) is 25.0 Å². The van der Waals surface area contributed by atoms with Crippen LogP contribution < -0.4 is 14.4 Å². The third kappa shape index (κ3) is 6.89. The highest BCUT2D eigenvalue weighted by molar-refractivity contribution is 7.92. The highest BCUT2D eigenvalue weighted by Crippen LogP contribution is 2.26. The number of hydrogen-bond donors (Lipinski definition) is 1. The van der Waals surface area contributed by atoms with Crippen LogP contribution in [-0.2, 0) is 26.2 Å². The Balaban J connectivity index is 2.02. The van der Waals surface area contributed by atoms with Gasteiger partial charge in [0.05, 0.1) is 17.7 Å². The smallest absolute Gasteiger partial charge is 0.264 e. The predicted molar refractivity (Wildman–Crippen MR) is 144 cm³/mol. The third-order valence-electron chi connectivity index (χ3n) is 5.92. The number of carbonyl (C=O) groups is 2. The summed E-state index contributed by atoms with van der Waals surface area (Å²) in [7, 11) is -2.58. The molecular formula is C28H33N3O5S. The van der Waals surface area contributed by atoms with Gasteiger partial charge in [0, 0.05) is 13.1 Å². The first kappa shape index (κ1) is 27.7. The zero-order valence-electron chi connectivity index (χ0n) is 21.5. The summed E-state index contributed by atoms with van der Waals surface area (Å²) in [5.74, 6) is -0.265. The lowest BCUT2D eigenvalue weighted by Crippen LogP contribution is -2.51. The molecule has 0 aromatic heterocycles. The average Bonchev–Trinajstić information content (AvgIpc) is 2.90. The van der Waals surface area contributed by atoms with E-state index < -0.39 is 28.5 Å². The summed E-state index contributed by atoms with van der Waals surface area (Å²) in [6, 6.07) is 21.2. The van der Waals surface area contributed by atoms with E-state index in [1.54, 1.807) is 56.3 Å². The molecule has 2 amide bonds. The summed E-state index contributed by atoms with van der Waals surface area (Å²) in [6.45, 7) is 5.47. The van der Waals surface area contributed by atoms with Crippen LogP contribution in [0.5, 0.6) is 5.75 Å². The number of amides is 2. The van der Waals surface area contributed by atoms with Crippen molar-refractivity contribution in [2.75, 3.05) is 24.5 Å². The molecule has 0 aliphatic heterocycles. The number of likely N-dealkylation sites (N-methyl/N-ethyl adjacent to an activating group) is 1. The van der Waals surface area contributed by atoms with Gasteiger partial charge in [-0.25, -0.2) is 8.42 Å². The molecule has 3 aromatic carbocycles. The van der Waals surface area contributed by atoms with Crippen molar-refractivity contribution >= 4 is 27.5 Å². The molecule has 0 saturated carbocycles. The molecule has 0 aliphatic rings. The Morgan fingerprint density at radius 3 is 2.24 bits per heavy atom. The van der Waals surface area contributed by atoms with Crippen molar-refractivity contribution in [2.24, 2.45) is 0 Å². The van der Waals surface area contributed by atoms with Gasteiger partial charge in [0.15, 0.2) is 0 Å². The van der Waals surface area contributed by atoms with Gasteiger partial charge in [0.1, 0.15) is 18.3 Å². The van der Waals surface area contributed by atoms with Crippen molar-refractivity contribution in [3.63, 3.8) is 0 Å². The maximum Gasteiger partial charge on any atom is 0.264 e. The highest BCUT2D eigenvalue weighted by atomic mass is 32.2. The molecule has 1 N–H and O–H groups in total. The van der Waals surface area contributed by atoms with Crippen LogP contribution in [-0.4, -0.2) is 51.4 Å². The fourth-order valence-electron chi connectivity index (χ4n) is 3.91. The van der Waals surface area contributed by atoms with Gasteiger partial charge in [-0.15, -0.1) is 0 Å². The van der Waals surface area contributed by atoms with Gasteiger partial charge in [0.25, 0.3) is 10.0 Å². The summed E-state index contributed by atoms with van der Waals surface area (Å²) in [6.07, 6.45) is 0. The number of nitrogens with one attached hydrogen (secondary N) is 1. The van der Waals surface area contributed by atoms with Crippen molar-refractivity contribution < 1.29 is 22.7 Å². The molecule has 37 heavy (non-hydrogen) atoms. The topological polar surface area (TPSA) is 96.0 Å². The molecule has 0 bridgehead atoms. The maximum absolute atomic E-state index is 13.8. The summed E-state index contributed by atoms with van der Waals surface area (Å²) in [5, 5.41) is 2.75. The second-order valence-electron chi connectivity index (χ2n) is 8.60. The Kier molecular flexibility index (Phi) is 9.30. The summed E-state index contributed by atoms with van der Waals surface area (Å²) < 4.78 is 33.7. The first-order chi connectivity index (χ1) is 17.7. The monoisotopic (exact) mass is 523 g/mol. The van der Waals surface area contributed by atoms with E-state index in [4.69, 9.17) is 4.74 Å². The molecule has 196 valence electrons. The fraction of sp³-hybridized carbons (Fsp3) is 0.286. The van der Waals surface area contributed by atoms with Gasteiger partial charge in [-0.2, -0.15) is 0 Å². The van der Waals surface area contributed by atoms with Crippen LogP contribution in [0, 0.1) is 6.92 Å². The number of aryl methyl sites for hydroxylation is 1. The molecule has 1 unspecified atom stereocenters. The lowest BCUT2D eigenvalue weighted by atomic mass is 10.1. The van der Waals surface area contributed by atoms with E-state index in [1.807, 2.05) is 31.2 Å². The zero-order valence-corrected chi connectivity index (χ0v) is 22.4. The number of hydrogen-bond acceptors (Lipinski definition) is 5. The average molecular weight is 524 g/mol. The zero-order chi connectivity index (χ0) is 27.0. The number of benzene rings is 3. The predicted octanol–water partition coefficient (Wildman–Crippen LogP) is 3.75. The number of rotatable bonds is 11. The van der Waals surface area contributed by atoms with Crippen LogP contribution in [0.4, 0.5) is 5.69 Å². The van der Waals surface area contributed by atoms with E-state index in [-0.39, 0.29) is 17.3 Å². The fourth-order valence-corrected chi connectivity index (χ4v) is 5.34. The van der Waals surface area contributed by atoms with Crippen molar-refractivity contribution in [2.45, 2.75) is 38.3 Å². The number of ether oxygens (including phenoxy) is 1. The molecule has 0 radical (unpaired) electrons. The van der Waals surface area contributed by atoms with Crippen LogP contribution >= 0.6 is 0 Å². The first-order valence-corrected chi connectivity index (χ1v) is 13.5. The summed E-state index contributed by atoms with van der Waals surface area (Å²) in [5.41, 5.74) is 2.16. The van der Waals surface area contributed by atoms with E-state index >= 15 is 0 Å².